The molecule has 9 rings (SSSR count). The number of hydrogen-bond acceptors (Lipinski definition) is 1. The van der Waals surface area contributed by atoms with E-state index in [2.05, 4.69) is 133 Å². The first-order valence-electron chi connectivity index (χ1n) is 13.1. The molecule has 7 aromatic rings. The first-order valence-corrected chi connectivity index (χ1v) is 19.6. The van der Waals surface area contributed by atoms with Crippen LogP contribution in [0.1, 0.15) is 0 Å². The van der Waals surface area contributed by atoms with Gasteiger partial charge in [0.25, 0.3) is 0 Å². The van der Waals surface area contributed by atoms with Gasteiger partial charge in [-0.25, -0.2) is 0 Å². The van der Waals surface area contributed by atoms with E-state index in [0.29, 0.717) is 0 Å². The van der Waals surface area contributed by atoms with Crippen LogP contribution in [0.15, 0.2) is 138 Å². The Bertz CT molecular complexity index is 2060. The fraction of sp³-hybridized carbons (Fsp3) is 0. The van der Waals surface area contributed by atoms with Crippen molar-refractivity contribution in [1.29, 1.82) is 0 Å². The van der Waals surface area contributed by atoms with Crippen molar-refractivity contribution in [3.05, 3.63) is 155 Å². The van der Waals surface area contributed by atoms with Gasteiger partial charge >= 0.3 is 243 Å². The van der Waals surface area contributed by atoms with Crippen LogP contribution in [0.5, 0.6) is 0 Å². The predicted octanol–water partition coefficient (Wildman–Crippen LogP) is 10.4. The molecule has 0 fully saturated rings. The number of benzene rings is 6. The fourth-order valence-electron chi connectivity index (χ4n) is 6.08. The van der Waals surface area contributed by atoms with Gasteiger partial charge in [-0.2, -0.15) is 0 Å². The summed E-state index contributed by atoms with van der Waals surface area (Å²) in [5.41, 5.74) is 7.74. The molecule has 186 valence electrons. The van der Waals surface area contributed by atoms with Crippen LogP contribution in [-0.4, -0.2) is 0 Å². The molecule has 0 radical (unpaired) electrons. The molecule has 3 heterocycles. The number of hydrogen-bond donors (Lipinski definition) is 0. The minimum absolute atomic E-state index is 0.976. The second-order valence-electron chi connectivity index (χ2n) is 9.84. The maximum absolute atomic E-state index is 6.31. The van der Waals surface area contributed by atoms with Crippen LogP contribution >= 0.6 is 39.6 Å². The SMILES string of the molecule is c1ccc2c(c1)-c1ccccc1I2c1ccc2c(c1)-c1ccccc1I2c1cccc2oc3ccccc3c12. The van der Waals surface area contributed by atoms with Crippen molar-refractivity contribution in [1.82, 2.24) is 0 Å². The molecular weight excluding hydrogens is 702 g/mol. The molecule has 0 unspecified atom stereocenters. The quantitative estimate of drug-likeness (QED) is 0.162. The van der Waals surface area contributed by atoms with E-state index >= 15 is 0 Å². The van der Waals surface area contributed by atoms with Crippen molar-refractivity contribution in [2.24, 2.45) is 0 Å². The van der Waals surface area contributed by atoms with Crippen LogP contribution in [0.4, 0.5) is 0 Å². The van der Waals surface area contributed by atoms with Gasteiger partial charge in [0.2, 0.25) is 0 Å². The standard InChI is InChI=1S/C36H22I2O/c1-5-14-29-24(10-1)25-11-2-6-15-30(25)37(29)23-20-21-32-28(22-23)26-12-3-7-16-31(26)38(32)33-17-9-19-35-36(33)27-13-4-8-18-34(27)39-35/h1-22H. The Balaban J connectivity index is 1.28. The summed E-state index contributed by atoms with van der Waals surface area (Å²) in [5.74, 6) is 0. The average molecular weight is 724 g/mol. The second kappa shape index (κ2) is 8.54. The van der Waals surface area contributed by atoms with Gasteiger partial charge in [0.05, 0.1) is 0 Å². The number of para-hydroxylation sites is 1. The summed E-state index contributed by atoms with van der Waals surface area (Å²) in [6, 6.07) is 50.1. The van der Waals surface area contributed by atoms with Crippen molar-refractivity contribution in [3.8, 4) is 22.3 Å². The van der Waals surface area contributed by atoms with Crippen LogP contribution in [0, 0.1) is 21.4 Å². The fourth-order valence-corrected chi connectivity index (χ4v) is 19.2. The van der Waals surface area contributed by atoms with Crippen LogP contribution in [0.25, 0.3) is 44.2 Å². The average Bonchev–Trinajstić information content (AvgIpc) is 3.65. The molecule has 2 aliphatic heterocycles. The summed E-state index contributed by atoms with van der Waals surface area (Å²) < 4.78 is 15.6. The third-order valence-electron chi connectivity index (χ3n) is 7.72. The van der Waals surface area contributed by atoms with E-state index in [0.717, 1.165) is 11.2 Å². The van der Waals surface area contributed by atoms with Crippen molar-refractivity contribution < 1.29 is 4.42 Å². The number of furan rings is 1. The summed E-state index contributed by atoms with van der Waals surface area (Å²) in [7, 11) is 0. The van der Waals surface area contributed by atoms with Gasteiger partial charge in [-0.3, -0.25) is 0 Å². The monoisotopic (exact) mass is 724 g/mol. The Kier molecular flexibility index (Phi) is 4.90. The Hall–Kier alpha value is -3.42. The van der Waals surface area contributed by atoms with Crippen LogP contribution < -0.4 is 0 Å². The van der Waals surface area contributed by atoms with Gasteiger partial charge in [0, 0.05) is 0 Å². The molecule has 0 saturated carbocycles. The third kappa shape index (κ3) is 3.17. The third-order valence-corrected chi connectivity index (χ3v) is 20.1. The molecule has 0 aliphatic carbocycles. The molecular formula is C36H22I2O. The molecule has 1 nitrogen and oxygen atoms in total. The topological polar surface area (TPSA) is 13.1 Å². The molecule has 0 atom stereocenters. The summed E-state index contributed by atoms with van der Waals surface area (Å²) in [5, 5.41) is 2.54. The summed E-state index contributed by atoms with van der Waals surface area (Å²) in [6.07, 6.45) is 0. The normalized spacial score (nSPS) is 14.9. The van der Waals surface area contributed by atoms with E-state index in [1.807, 2.05) is 0 Å². The molecule has 0 N–H and O–H groups in total. The van der Waals surface area contributed by atoms with E-state index in [4.69, 9.17) is 4.42 Å². The number of halogens is 2. The van der Waals surface area contributed by atoms with Crippen LogP contribution in [0.2, 0.25) is 0 Å². The molecule has 0 bridgehead atoms. The van der Waals surface area contributed by atoms with Crippen molar-refractivity contribution in [3.63, 3.8) is 0 Å². The molecule has 2 aliphatic rings. The molecule has 3 heteroatoms. The van der Waals surface area contributed by atoms with Gasteiger partial charge in [0.15, 0.2) is 0 Å². The zero-order valence-corrected chi connectivity index (χ0v) is 25.2. The van der Waals surface area contributed by atoms with E-state index in [-0.39, 0.29) is 0 Å². The van der Waals surface area contributed by atoms with Gasteiger partial charge < -0.3 is 0 Å². The summed E-state index contributed by atoms with van der Waals surface area (Å²) in [4.78, 5) is 0. The van der Waals surface area contributed by atoms with Crippen LogP contribution in [-0.2, 0) is 0 Å². The van der Waals surface area contributed by atoms with E-state index < -0.39 is 39.6 Å². The minimum atomic E-state index is -1.93. The predicted molar refractivity (Wildman–Crippen MR) is 178 cm³/mol. The molecule has 0 saturated heterocycles. The Morgan fingerprint density at radius 3 is 1.67 bits per heavy atom. The number of fused-ring (bicyclic) bond motifs is 9. The molecule has 0 spiro atoms. The summed E-state index contributed by atoms with van der Waals surface area (Å²) in [6.45, 7) is 0. The van der Waals surface area contributed by atoms with Gasteiger partial charge in [0.1, 0.15) is 0 Å². The Morgan fingerprint density at radius 1 is 0.385 bits per heavy atom. The zero-order chi connectivity index (χ0) is 25.5. The first kappa shape index (κ1) is 22.4. The summed E-state index contributed by atoms with van der Waals surface area (Å²) >= 11 is -3.70. The second-order valence-corrected chi connectivity index (χ2v) is 20.1. The van der Waals surface area contributed by atoms with Crippen molar-refractivity contribution in [2.75, 3.05) is 0 Å². The van der Waals surface area contributed by atoms with Crippen molar-refractivity contribution >= 4 is 61.6 Å². The van der Waals surface area contributed by atoms with E-state index in [1.165, 1.54) is 40.2 Å². The van der Waals surface area contributed by atoms with Gasteiger partial charge in [-0.05, 0) is 0 Å². The molecule has 1 aromatic heterocycles. The van der Waals surface area contributed by atoms with E-state index in [1.54, 1.807) is 14.3 Å². The Labute approximate surface area is 241 Å². The first-order chi connectivity index (χ1) is 19.4. The number of rotatable bonds is 2. The Morgan fingerprint density at radius 2 is 0.923 bits per heavy atom. The van der Waals surface area contributed by atoms with Crippen molar-refractivity contribution in [2.45, 2.75) is 0 Å². The van der Waals surface area contributed by atoms with Gasteiger partial charge in [-0.1, -0.05) is 0 Å². The maximum atomic E-state index is 6.31. The van der Waals surface area contributed by atoms with E-state index in [9.17, 15) is 0 Å². The molecule has 0 amide bonds. The van der Waals surface area contributed by atoms with Gasteiger partial charge in [-0.15, -0.1) is 0 Å². The molecule has 6 aromatic carbocycles. The molecule has 39 heavy (non-hydrogen) atoms. The zero-order valence-electron chi connectivity index (χ0n) is 20.9. The van der Waals surface area contributed by atoms with Crippen LogP contribution in [0.3, 0.4) is 0 Å².